The van der Waals surface area contributed by atoms with E-state index < -0.39 is 0 Å². The predicted octanol–water partition coefficient (Wildman–Crippen LogP) is 2.79. The monoisotopic (exact) mass is 315 g/mol. The summed E-state index contributed by atoms with van der Waals surface area (Å²) in [6, 6.07) is 4.12. The molecule has 6 nitrogen and oxygen atoms in total. The van der Waals surface area contributed by atoms with Gasteiger partial charge in [0.2, 0.25) is 0 Å². The molecule has 4 rings (SSSR count). The summed E-state index contributed by atoms with van der Waals surface area (Å²) < 4.78 is 7.89. The van der Waals surface area contributed by atoms with Crippen molar-refractivity contribution in [3.63, 3.8) is 0 Å². The van der Waals surface area contributed by atoms with Crippen LogP contribution in [-0.4, -0.2) is 45.6 Å². The van der Waals surface area contributed by atoms with Gasteiger partial charge in [-0.05, 0) is 50.7 Å². The van der Waals surface area contributed by atoms with Gasteiger partial charge < -0.3 is 9.64 Å². The number of nitrogens with zero attached hydrogens (tertiary/aromatic N) is 5. The van der Waals surface area contributed by atoms with Crippen molar-refractivity contribution in [3.05, 3.63) is 18.0 Å². The van der Waals surface area contributed by atoms with Gasteiger partial charge in [-0.15, -0.1) is 15.3 Å². The van der Waals surface area contributed by atoms with E-state index in [0.717, 1.165) is 62.7 Å². The van der Waals surface area contributed by atoms with E-state index >= 15 is 0 Å². The fraction of sp³-hybridized carbons (Fsp3) is 0.706. The van der Waals surface area contributed by atoms with Crippen LogP contribution in [0.3, 0.4) is 0 Å². The van der Waals surface area contributed by atoms with E-state index in [1.165, 1.54) is 12.8 Å². The second-order valence-electron chi connectivity index (χ2n) is 6.70. The molecule has 0 bridgehead atoms. The van der Waals surface area contributed by atoms with E-state index in [-0.39, 0.29) is 0 Å². The quantitative estimate of drug-likeness (QED) is 0.849. The molecule has 1 unspecified atom stereocenters. The van der Waals surface area contributed by atoms with Crippen LogP contribution < -0.4 is 4.90 Å². The predicted molar refractivity (Wildman–Crippen MR) is 88.9 cm³/mol. The van der Waals surface area contributed by atoms with Gasteiger partial charge in [0, 0.05) is 25.6 Å². The van der Waals surface area contributed by atoms with Crippen molar-refractivity contribution in [2.24, 2.45) is 0 Å². The van der Waals surface area contributed by atoms with Crippen LogP contribution in [-0.2, 0) is 4.74 Å². The Morgan fingerprint density at radius 3 is 2.87 bits per heavy atom. The minimum Gasteiger partial charge on any atom is -0.378 e. The standard InChI is InChI=1S/C17H25N5O/c1-2-12-23-14-4-3-10-21(11-9-14)16-8-7-15-18-19-17(13-5-6-13)22(15)20-16/h7-8,13-14H,2-6,9-12H2,1H3. The lowest BCUT2D eigenvalue weighted by Gasteiger charge is -2.21. The summed E-state index contributed by atoms with van der Waals surface area (Å²) in [5.41, 5.74) is 0.856. The summed E-state index contributed by atoms with van der Waals surface area (Å²) in [5.74, 6) is 2.62. The maximum atomic E-state index is 5.94. The fourth-order valence-corrected chi connectivity index (χ4v) is 3.31. The Kier molecular flexibility index (Phi) is 4.16. The van der Waals surface area contributed by atoms with Gasteiger partial charge in [0.05, 0.1) is 6.10 Å². The Bertz CT molecular complexity index is 666. The molecular formula is C17H25N5O. The zero-order valence-corrected chi connectivity index (χ0v) is 13.8. The summed E-state index contributed by atoms with van der Waals surface area (Å²) >= 11 is 0. The van der Waals surface area contributed by atoms with Crippen LogP contribution in [0.15, 0.2) is 12.1 Å². The molecule has 0 amide bonds. The largest absolute Gasteiger partial charge is 0.378 e. The third-order valence-corrected chi connectivity index (χ3v) is 4.77. The first kappa shape index (κ1) is 14.9. The number of ether oxygens (including phenoxy) is 1. The van der Waals surface area contributed by atoms with Gasteiger partial charge in [0.15, 0.2) is 11.5 Å². The van der Waals surface area contributed by atoms with Crippen LogP contribution in [0.2, 0.25) is 0 Å². The van der Waals surface area contributed by atoms with Gasteiger partial charge in [-0.1, -0.05) is 6.92 Å². The SMILES string of the molecule is CCCOC1CCCN(c2ccc3nnc(C4CC4)n3n2)CC1. The van der Waals surface area contributed by atoms with E-state index in [4.69, 9.17) is 9.84 Å². The summed E-state index contributed by atoms with van der Waals surface area (Å²) in [7, 11) is 0. The number of hydrogen-bond donors (Lipinski definition) is 0. The van der Waals surface area contributed by atoms with E-state index in [1.54, 1.807) is 0 Å². The molecule has 2 aromatic heterocycles. The van der Waals surface area contributed by atoms with Gasteiger partial charge in [-0.3, -0.25) is 0 Å². The van der Waals surface area contributed by atoms with Crippen molar-refractivity contribution in [1.29, 1.82) is 0 Å². The van der Waals surface area contributed by atoms with Crippen LogP contribution in [0.5, 0.6) is 0 Å². The van der Waals surface area contributed by atoms with Crippen molar-refractivity contribution in [3.8, 4) is 0 Å². The Morgan fingerprint density at radius 2 is 2.04 bits per heavy atom. The van der Waals surface area contributed by atoms with Gasteiger partial charge in [-0.25, -0.2) is 0 Å². The number of rotatable bonds is 5. The first-order valence-electron chi connectivity index (χ1n) is 8.94. The molecule has 0 aromatic carbocycles. The highest BCUT2D eigenvalue weighted by atomic mass is 16.5. The molecule has 1 aliphatic carbocycles. The number of hydrogen-bond acceptors (Lipinski definition) is 5. The smallest absolute Gasteiger partial charge is 0.178 e. The third kappa shape index (κ3) is 3.17. The molecule has 1 aliphatic heterocycles. The highest BCUT2D eigenvalue weighted by Gasteiger charge is 2.29. The Balaban J connectivity index is 1.50. The number of aromatic nitrogens is 4. The van der Waals surface area contributed by atoms with Crippen LogP contribution in [0, 0.1) is 0 Å². The molecule has 2 fully saturated rings. The molecule has 1 saturated carbocycles. The van der Waals surface area contributed by atoms with Crippen molar-refractivity contribution >= 4 is 11.5 Å². The van der Waals surface area contributed by atoms with Crippen LogP contribution in [0.1, 0.15) is 57.2 Å². The molecular weight excluding hydrogens is 290 g/mol. The molecule has 6 heteroatoms. The zero-order valence-electron chi connectivity index (χ0n) is 13.8. The molecule has 0 N–H and O–H groups in total. The highest BCUT2D eigenvalue weighted by molar-refractivity contribution is 5.46. The number of fused-ring (bicyclic) bond motifs is 1. The molecule has 0 spiro atoms. The van der Waals surface area contributed by atoms with Crippen molar-refractivity contribution in [1.82, 2.24) is 19.8 Å². The molecule has 2 aromatic rings. The second kappa shape index (κ2) is 6.43. The lowest BCUT2D eigenvalue weighted by atomic mass is 10.2. The average Bonchev–Trinajstić information content (AvgIpc) is 3.37. The van der Waals surface area contributed by atoms with Gasteiger partial charge in [0.25, 0.3) is 0 Å². The normalized spacial score (nSPS) is 22.5. The van der Waals surface area contributed by atoms with E-state index in [9.17, 15) is 0 Å². The Morgan fingerprint density at radius 1 is 1.13 bits per heavy atom. The van der Waals surface area contributed by atoms with Crippen LogP contribution in [0.25, 0.3) is 5.65 Å². The average molecular weight is 315 g/mol. The topological polar surface area (TPSA) is 55.5 Å². The summed E-state index contributed by atoms with van der Waals surface area (Å²) in [4.78, 5) is 2.38. The first-order chi connectivity index (χ1) is 11.3. The van der Waals surface area contributed by atoms with Crippen LogP contribution in [0.4, 0.5) is 5.82 Å². The zero-order chi connectivity index (χ0) is 15.6. The van der Waals surface area contributed by atoms with Gasteiger partial charge in [0.1, 0.15) is 5.82 Å². The van der Waals surface area contributed by atoms with Gasteiger partial charge in [-0.2, -0.15) is 4.52 Å². The van der Waals surface area contributed by atoms with Crippen molar-refractivity contribution in [2.75, 3.05) is 24.6 Å². The van der Waals surface area contributed by atoms with Crippen LogP contribution >= 0.6 is 0 Å². The van der Waals surface area contributed by atoms with Crippen molar-refractivity contribution in [2.45, 2.75) is 57.5 Å². The molecule has 3 heterocycles. The lowest BCUT2D eigenvalue weighted by Crippen LogP contribution is -2.26. The fourth-order valence-electron chi connectivity index (χ4n) is 3.31. The third-order valence-electron chi connectivity index (χ3n) is 4.77. The minimum atomic E-state index is 0.403. The summed E-state index contributed by atoms with van der Waals surface area (Å²) in [5, 5.41) is 13.4. The Labute approximate surface area is 136 Å². The maximum absolute atomic E-state index is 5.94. The van der Waals surface area contributed by atoms with E-state index in [0.29, 0.717) is 12.0 Å². The maximum Gasteiger partial charge on any atom is 0.178 e. The minimum absolute atomic E-state index is 0.403. The summed E-state index contributed by atoms with van der Waals surface area (Å²) in [6.07, 6.45) is 7.32. The molecule has 124 valence electrons. The number of anilines is 1. The first-order valence-corrected chi connectivity index (χ1v) is 8.94. The van der Waals surface area contributed by atoms with E-state index in [1.807, 2.05) is 10.6 Å². The van der Waals surface area contributed by atoms with E-state index in [2.05, 4.69) is 28.1 Å². The Hall–Kier alpha value is -1.69. The second-order valence-corrected chi connectivity index (χ2v) is 6.70. The molecule has 1 saturated heterocycles. The molecule has 23 heavy (non-hydrogen) atoms. The van der Waals surface area contributed by atoms with Crippen molar-refractivity contribution < 1.29 is 4.74 Å². The molecule has 0 radical (unpaired) electrons. The lowest BCUT2D eigenvalue weighted by molar-refractivity contribution is 0.0461. The molecule has 2 aliphatic rings. The summed E-state index contributed by atoms with van der Waals surface area (Å²) in [6.45, 7) is 5.10. The highest BCUT2D eigenvalue weighted by Crippen LogP contribution is 2.38. The van der Waals surface area contributed by atoms with Gasteiger partial charge >= 0.3 is 0 Å². The molecule has 1 atom stereocenters.